The van der Waals surface area contributed by atoms with Gasteiger partial charge in [-0.15, -0.1) is 0 Å². The van der Waals surface area contributed by atoms with Crippen LogP contribution in [0.15, 0.2) is 24.3 Å². The van der Waals surface area contributed by atoms with Gasteiger partial charge < -0.3 is 15.4 Å². The molecule has 5 heteroatoms. The Morgan fingerprint density at radius 1 is 1.55 bits per heavy atom. The SMILES string of the molecule is CC1CC(N)CCN1C(=O)CCOc1cccc(Cl)c1. The molecule has 2 unspecified atom stereocenters. The van der Waals surface area contributed by atoms with E-state index < -0.39 is 0 Å². The average molecular weight is 297 g/mol. The van der Waals surface area contributed by atoms with Crippen LogP contribution in [0.5, 0.6) is 5.75 Å². The molecule has 1 fully saturated rings. The second kappa shape index (κ2) is 6.95. The van der Waals surface area contributed by atoms with Crippen LogP contribution in [0, 0.1) is 0 Å². The largest absolute Gasteiger partial charge is 0.493 e. The van der Waals surface area contributed by atoms with Crippen molar-refractivity contribution in [2.45, 2.75) is 38.3 Å². The molecule has 0 aliphatic carbocycles. The number of hydrogen-bond acceptors (Lipinski definition) is 3. The van der Waals surface area contributed by atoms with Crippen LogP contribution in [0.25, 0.3) is 0 Å². The van der Waals surface area contributed by atoms with Crippen LogP contribution in [-0.4, -0.2) is 36.0 Å². The standard InChI is InChI=1S/C15H21ClN2O2/c1-11-9-13(17)5-7-18(11)15(19)6-8-20-14-4-2-3-12(16)10-14/h2-4,10-11,13H,5-9,17H2,1H3. The Bertz CT molecular complexity index is 467. The minimum absolute atomic E-state index is 0.131. The fourth-order valence-electron chi connectivity index (χ4n) is 2.54. The monoisotopic (exact) mass is 296 g/mol. The molecule has 2 N–H and O–H groups in total. The van der Waals surface area contributed by atoms with E-state index in [1.54, 1.807) is 12.1 Å². The van der Waals surface area contributed by atoms with Crippen molar-refractivity contribution in [3.8, 4) is 5.75 Å². The van der Waals surface area contributed by atoms with E-state index in [0.717, 1.165) is 19.4 Å². The predicted octanol–water partition coefficient (Wildman–Crippen LogP) is 2.45. The summed E-state index contributed by atoms with van der Waals surface area (Å²) >= 11 is 5.87. The molecule has 0 aromatic heterocycles. The molecule has 110 valence electrons. The molecule has 2 rings (SSSR count). The van der Waals surface area contributed by atoms with Crippen molar-refractivity contribution in [2.24, 2.45) is 5.73 Å². The lowest BCUT2D eigenvalue weighted by molar-refractivity contribution is -0.135. The van der Waals surface area contributed by atoms with E-state index in [-0.39, 0.29) is 18.0 Å². The van der Waals surface area contributed by atoms with Crippen LogP contribution in [0.3, 0.4) is 0 Å². The summed E-state index contributed by atoms with van der Waals surface area (Å²) in [5, 5.41) is 0.632. The lowest BCUT2D eigenvalue weighted by Gasteiger charge is -2.36. The summed E-state index contributed by atoms with van der Waals surface area (Å²) in [5.74, 6) is 0.824. The molecule has 0 bridgehead atoms. The minimum atomic E-state index is 0.131. The fraction of sp³-hybridized carbons (Fsp3) is 0.533. The third-order valence-electron chi connectivity index (χ3n) is 3.62. The molecule has 20 heavy (non-hydrogen) atoms. The molecule has 1 aliphatic heterocycles. The second-order valence-electron chi connectivity index (χ2n) is 5.28. The number of halogens is 1. The second-order valence-corrected chi connectivity index (χ2v) is 5.71. The van der Waals surface area contributed by atoms with Gasteiger partial charge in [-0.3, -0.25) is 4.79 Å². The Hall–Kier alpha value is -1.26. The van der Waals surface area contributed by atoms with Gasteiger partial charge in [-0.2, -0.15) is 0 Å². The molecule has 4 nitrogen and oxygen atoms in total. The van der Waals surface area contributed by atoms with Crippen molar-refractivity contribution in [1.82, 2.24) is 4.90 Å². The van der Waals surface area contributed by atoms with Gasteiger partial charge in [0.05, 0.1) is 13.0 Å². The van der Waals surface area contributed by atoms with Gasteiger partial charge in [-0.1, -0.05) is 17.7 Å². The van der Waals surface area contributed by atoms with Gasteiger partial charge in [0.15, 0.2) is 0 Å². The number of nitrogens with zero attached hydrogens (tertiary/aromatic N) is 1. The third kappa shape index (κ3) is 4.12. The highest BCUT2D eigenvalue weighted by Gasteiger charge is 2.26. The summed E-state index contributed by atoms with van der Waals surface area (Å²) in [7, 11) is 0. The number of ether oxygens (including phenoxy) is 1. The van der Waals surface area contributed by atoms with E-state index in [0.29, 0.717) is 23.8 Å². The summed E-state index contributed by atoms with van der Waals surface area (Å²) in [4.78, 5) is 14.1. The molecular weight excluding hydrogens is 276 g/mol. The number of amides is 1. The summed E-state index contributed by atoms with van der Waals surface area (Å²) < 4.78 is 5.55. The number of benzene rings is 1. The Morgan fingerprint density at radius 2 is 2.35 bits per heavy atom. The maximum absolute atomic E-state index is 12.2. The zero-order valence-electron chi connectivity index (χ0n) is 11.7. The third-order valence-corrected chi connectivity index (χ3v) is 3.85. The predicted molar refractivity (Wildman–Crippen MR) is 79.9 cm³/mol. The molecule has 0 radical (unpaired) electrons. The van der Waals surface area contributed by atoms with Crippen molar-refractivity contribution in [1.29, 1.82) is 0 Å². The van der Waals surface area contributed by atoms with Gasteiger partial charge in [-0.25, -0.2) is 0 Å². The zero-order valence-corrected chi connectivity index (χ0v) is 12.5. The van der Waals surface area contributed by atoms with E-state index in [2.05, 4.69) is 6.92 Å². The number of likely N-dealkylation sites (tertiary alicyclic amines) is 1. The average Bonchev–Trinajstić information content (AvgIpc) is 2.38. The number of rotatable bonds is 4. The number of nitrogens with two attached hydrogens (primary N) is 1. The van der Waals surface area contributed by atoms with E-state index in [9.17, 15) is 4.79 Å². The molecule has 1 aliphatic rings. The quantitative estimate of drug-likeness (QED) is 0.928. The smallest absolute Gasteiger partial charge is 0.226 e. The van der Waals surface area contributed by atoms with Gasteiger partial charge in [0.1, 0.15) is 5.75 Å². The fourth-order valence-corrected chi connectivity index (χ4v) is 2.72. The van der Waals surface area contributed by atoms with E-state index in [1.165, 1.54) is 0 Å². The Labute approximate surface area is 124 Å². The highest BCUT2D eigenvalue weighted by atomic mass is 35.5. The summed E-state index contributed by atoms with van der Waals surface area (Å²) in [6, 6.07) is 7.63. The summed E-state index contributed by atoms with van der Waals surface area (Å²) in [6.45, 7) is 3.17. The van der Waals surface area contributed by atoms with Crippen molar-refractivity contribution in [2.75, 3.05) is 13.2 Å². The van der Waals surface area contributed by atoms with Crippen LogP contribution in [0.4, 0.5) is 0 Å². The molecule has 1 amide bonds. The maximum atomic E-state index is 12.2. The summed E-state index contributed by atoms with van der Waals surface area (Å²) in [5.41, 5.74) is 5.90. The topological polar surface area (TPSA) is 55.6 Å². The molecular formula is C15H21ClN2O2. The first-order chi connectivity index (χ1) is 9.56. The molecule has 0 saturated carbocycles. The molecule has 2 atom stereocenters. The highest BCUT2D eigenvalue weighted by molar-refractivity contribution is 6.30. The summed E-state index contributed by atoms with van der Waals surface area (Å²) in [6.07, 6.45) is 2.14. The van der Waals surface area contributed by atoms with Gasteiger partial charge in [0, 0.05) is 23.7 Å². The van der Waals surface area contributed by atoms with Crippen molar-refractivity contribution >= 4 is 17.5 Å². The van der Waals surface area contributed by atoms with Crippen LogP contribution in [0.1, 0.15) is 26.2 Å². The highest BCUT2D eigenvalue weighted by Crippen LogP contribution is 2.19. The lowest BCUT2D eigenvalue weighted by Crippen LogP contribution is -2.48. The van der Waals surface area contributed by atoms with Crippen LogP contribution >= 0.6 is 11.6 Å². The first-order valence-corrected chi connectivity index (χ1v) is 7.37. The first kappa shape index (κ1) is 15.1. The van der Waals surface area contributed by atoms with Crippen LogP contribution in [0.2, 0.25) is 5.02 Å². The molecule has 1 aromatic rings. The van der Waals surface area contributed by atoms with E-state index >= 15 is 0 Å². The Balaban J connectivity index is 1.78. The van der Waals surface area contributed by atoms with Gasteiger partial charge in [0.25, 0.3) is 0 Å². The number of carbonyl (C=O) groups is 1. The number of hydrogen-bond donors (Lipinski definition) is 1. The van der Waals surface area contributed by atoms with Gasteiger partial charge in [0.2, 0.25) is 5.91 Å². The van der Waals surface area contributed by atoms with E-state index in [4.69, 9.17) is 22.1 Å². The van der Waals surface area contributed by atoms with Crippen molar-refractivity contribution in [3.05, 3.63) is 29.3 Å². The van der Waals surface area contributed by atoms with Crippen LogP contribution < -0.4 is 10.5 Å². The van der Waals surface area contributed by atoms with Gasteiger partial charge in [-0.05, 0) is 38.0 Å². The zero-order chi connectivity index (χ0) is 14.5. The first-order valence-electron chi connectivity index (χ1n) is 6.99. The van der Waals surface area contributed by atoms with Crippen LogP contribution in [-0.2, 0) is 4.79 Å². The Kier molecular flexibility index (Phi) is 5.26. The normalized spacial score (nSPS) is 22.6. The number of carbonyl (C=O) groups excluding carboxylic acids is 1. The molecule has 1 heterocycles. The molecule has 0 spiro atoms. The maximum Gasteiger partial charge on any atom is 0.226 e. The van der Waals surface area contributed by atoms with Gasteiger partial charge >= 0.3 is 0 Å². The number of piperidine rings is 1. The van der Waals surface area contributed by atoms with Crippen molar-refractivity contribution < 1.29 is 9.53 Å². The van der Waals surface area contributed by atoms with E-state index in [1.807, 2.05) is 17.0 Å². The minimum Gasteiger partial charge on any atom is -0.493 e. The lowest BCUT2D eigenvalue weighted by atomic mass is 9.99. The van der Waals surface area contributed by atoms with Crippen molar-refractivity contribution in [3.63, 3.8) is 0 Å². The molecule has 1 aromatic carbocycles. The molecule has 1 saturated heterocycles. The Morgan fingerprint density at radius 3 is 3.05 bits per heavy atom.